The summed E-state index contributed by atoms with van der Waals surface area (Å²) in [7, 11) is 0. The number of aromatic nitrogens is 3. The van der Waals surface area contributed by atoms with Crippen LogP contribution in [0.3, 0.4) is 0 Å². The van der Waals surface area contributed by atoms with E-state index in [0.717, 1.165) is 37.4 Å². The lowest BCUT2D eigenvalue weighted by Crippen LogP contribution is -2.04. The second-order valence-corrected chi connectivity index (χ2v) is 7.06. The maximum atomic E-state index is 12.7. The van der Waals surface area contributed by atoms with Gasteiger partial charge in [0, 0.05) is 27.5 Å². The van der Waals surface area contributed by atoms with E-state index in [2.05, 4.69) is 15.0 Å². The molecule has 3 heterocycles. The summed E-state index contributed by atoms with van der Waals surface area (Å²) in [5.41, 5.74) is 2.70. The Morgan fingerprint density at radius 3 is 3.00 bits per heavy atom. The maximum absolute atomic E-state index is 12.7. The normalized spacial score (nSPS) is 11.3. The van der Waals surface area contributed by atoms with Crippen LogP contribution in [0.15, 0.2) is 47.1 Å². The van der Waals surface area contributed by atoms with Gasteiger partial charge in [-0.15, -0.1) is 11.3 Å². The lowest BCUT2D eigenvalue weighted by atomic mass is 10.1. The topological polar surface area (TPSA) is 58.6 Å². The first-order valence-corrected chi connectivity index (χ1v) is 9.02. The molecule has 23 heavy (non-hydrogen) atoms. The van der Waals surface area contributed by atoms with Gasteiger partial charge < -0.3 is 4.98 Å². The number of Topliss-reactive ketones (excluding diaryl/α,β-unsaturated/α-hetero) is 1. The van der Waals surface area contributed by atoms with Crippen LogP contribution in [0.2, 0.25) is 0 Å². The van der Waals surface area contributed by atoms with E-state index in [9.17, 15) is 4.79 Å². The molecule has 6 heteroatoms. The lowest BCUT2D eigenvalue weighted by Gasteiger charge is -2.03. The molecule has 114 valence electrons. The summed E-state index contributed by atoms with van der Waals surface area (Å²) in [6.07, 6.45) is 1.56. The van der Waals surface area contributed by atoms with Crippen molar-refractivity contribution >= 4 is 50.0 Å². The molecular formula is C17H13N3OS2. The number of para-hydroxylation sites is 1. The fraction of sp³-hybridized carbons (Fsp3) is 0.118. The Morgan fingerprint density at radius 2 is 2.09 bits per heavy atom. The number of aromatic amines is 1. The number of rotatable bonds is 4. The molecule has 4 rings (SSSR count). The van der Waals surface area contributed by atoms with Crippen molar-refractivity contribution in [2.45, 2.75) is 11.9 Å². The number of ketones is 1. The van der Waals surface area contributed by atoms with Crippen LogP contribution in [-0.4, -0.2) is 26.5 Å². The number of nitrogens with zero attached hydrogens (tertiary/aromatic N) is 2. The first-order chi connectivity index (χ1) is 11.2. The molecule has 0 atom stereocenters. The molecule has 0 amide bonds. The van der Waals surface area contributed by atoms with Crippen LogP contribution in [0.25, 0.3) is 21.1 Å². The van der Waals surface area contributed by atoms with Crippen molar-refractivity contribution in [2.75, 3.05) is 5.75 Å². The first-order valence-electron chi connectivity index (χ1n) is 7.15. The van der Waals surface area contributed by atoms with Crippen LogP contribution < -0.4 is 0 Å². The van der Waals surface area contributed by atoms with Crippen LogP contribution in [0, 0.1) is 6.92 Å². The molecule has 3 aromatic heterocycles. The monoisotopic (exact) mass is 339 g/mol. The van der Waals surface area contributed by atoms with Crippen molar-refractivity contribution in [2.24, 2.45) is 0 Å². The van der Waals surface area contributed by atoms with Gasteiger partial charge in [-0.1, -0.05) is 30.0 Å². The number of nitrogens with one attached hydrogen (secondary N) is 1. The average Bonchev–Trinajstić information content (AvgIpc) is 3.15. The van der Waals surface area contributed by atoms with E-state index in [1.807, 2.05) is 42.6 Å². The van der Waals surface area contributed by atoms with Gasteiger partial charge in [-0.3, -0.25) is 4.79 Å². The standard InChI is InChI=1S/C17H13N3OS2/c1-10-15(11-4-2-3-5-13(11)20-10)14(21)8-23-17-12-6-7-22-16(12)18-9-19-17/h2-7,9,20H,8H2,1H3. The summed E-state index contributed by atoms with van der Waals surface area (Å²) >= 11 is 3.05. The predicted molar refractivity (Wildman–Crippen MR) is 95.5 cm³/mol. The largest absolute Gasteiger partial charge is 0.358 e. The van der Waals surface area contributed by atoms with E-state index in [-0.39, 0.29) is 5.78 Å². The fourth-order valence-electron chi connectivity index (χ4n) is 2.72. The van der Waals surface area contributed by atoms with Gasteiger partial charge in [-0.05, 0) is 24.4 Å². The summed E-state index contributed by atoms with van der Waals surface area (Å²) in [6.45, 7) is 1.94. The predicted octanol–water partition coefficient (Wildman–Crippen LogP) is 4.46. The zero-order chi connectivity index (χ0) is 15.8. The smallest absolute Gasteiger partial charge is 0.175 e. The zero-order valence-corrected chi connectivity index (χ0v) is 14.0. The van der Waals surface area contributed by atoms with Crippen molar-refractivity contribution in [1.82, 2.24) is 15.0 Å². The maximum Gasteiger partial charge on any atom is 0.175 e. The summed E-state index contributed by atoms with van der Waals surface area (Å²) in [4.78, 5) is 25.5. The van der Waals surface area contributed by atoms with Gasteiger partial charge in [0.1, 0.15) is 16.2 Å². The van der Waals surface area contributed by atoms with E-state index in [1.54, 1.807) is 17.7 Å². The highest BCUT2D eigenvalue weighted by atomic mass is 32.2. The second kappa shape index (κ2) is 5.79. The van der Waals surface area contributed by atoms with Crippen molar-refractivity contribution < 1.29 is 4.79 Å². The van der Waals surface area contributed by atoms with Crippen molar-refractivity contribution in [3.8, 4) is 0 Å². The van der Waals surface area contributed by atoms with Gasteiger partial charge >= 0.3 is 0 Å². The van der Waals surface area contributed by atoms with Gasteiger partial charge in [-0.25, -0.2) is 9.97 Å². The molecule has 0 aliphatic heterocycles. The average molecular weight is 339 g/mol. The quantitative estimate of drug-likeness (QED) is 0.339. The zero-order valence-electron chi connectivity index (χ0n) is 12.4. The first kappa shape index (κ1) is 14.4. The fourth-order valence-corrected chi connectivity index (χ4v) is 4.38. The van der Waals surface area contributed by atoms with Crippen LogP contribution in [0.1, 0.15) is 16.1 Å². The number of thioether (sulfide) groups is 1. The van der Waals surface area contributed by atoms with E-state index in [4.69, 9.17) is 0 Å². The molecule has 0 bridgehead atoms. The number of aryl methyl sites for hydroxylation is 1. The Hall–Kier alpha value is -2.18. The molecule has 1 aromatic carbocycles. The molecule has 0 saturated heterocycles. The molecule has 0 unspecified atom stereocenters. The summed E-state index contributed by atoms with van der Waals surface area (Å²) in [6, 6.07) is 9.90. The van der Waals surface area contributed by atoms with E-state index >= 15 is 0 Å². The Bertz CT molecular complexity index is 1020. The van der Waals surface area contributed by atoms with Crippen molar-refractivity contribution in [3.05, 3.63) is 53.3 Å². The minimum Gasteiger partial charge on any atom is -0.358 e. The molecule has 0 radical (unpaired) electrons. The third kappa shape index (κ3) is 2.54. The highest BCUT2D eigenvalue weighted by Gasteiger charge is 2.17. The van der Waals surface area contributed by atoms with Gasteiger partial charge in [-0.2, -0.15) is 0 Å². The van der Waals surface area contributed by atoms with Gasteiger partial charge in [0.15, 0.2) is 5.78 Å². The van der Waals surface area contributed by atoms with Gasteiger partial charge in [0.2, 0.25) is 0 Å². The van der Waals surface area contributed by atoms with Crippen LogP contribution >= 0.6 is 23.1 Å². The molecule has 0 aliphatic carbocycles. The third-order valence-electron chi connectivity index (χ3n) is 3.74. The number of carbonyl (C=O) groups is 1. The molecule has 0 aliphatic rings. The summed E-state index contributed by atoms with van der Waals surface area (Å²) < 4.78 is 0. The van der Waals surface area contributed by atoms with Crippen LogP contribution in [-0.2, 0) is 0 Å². The summed E-state index contributed by atoms with van der Waals surface area (Å²) in [5.74, 6) is 0.483. The van der Waals surface area contributed by atoms with Crippen LogP contribution in [0.4, 0.5) is 0 Å². The Labute approximate surface area is 141 Å². The minimum atomic E-state index is 0.118. The third-order valence-corrected chi connectivity index (χ3v) is 5.56. The molecule has 1 N–H and O–H groups in total. The molecule has 0 saturated carbocycles. The highest BCUT2D eigenvalue weighted by molar-refractivity contribution is 8.00. The van der Waals surface area contributed by atoms with Crippen molar-refractivity contribution in [3.63, 3.8) is 0 Å². The number of thiophene rings is 1. The second-order valence-electron chi connectivity index (χ2n) is 5.20. The summed E-state index contributed by atoms with van der Waals surface area (Å²) in [5, 5.41) is 4.86. The number of benzene rings is 1. The number of carbonyl (C=O) groups excluding carboxylic acids is 1. The highest BCUT2D eigenvalue weighted by Crippen LogP contribution is 2.29. The van der Waals surface area contributed by atoms with E-state index < -0.39 is 0 Å². The molecule has 4 aromatic rings. The number of hydrogen-bond acceptors (Lipinski definition) is 5. The van der Waals surface area contributed by atoms with Gasteiger partial charge in [0.25, 0.3) is 0 Å². The molecule has 0 fully saturated rings. The van der Waals surface area contributed by atoms with Crippen LogP contribution in [0.5, 0.6) is 0 Å². The Balaban J connectivity index is 1.63. The van der Waals surface area contributed by atoms with Gasteiger partial charge in [0.05, 0.1) is 5.75 Å². The molecule has 0 spiro atoms. The minimum absolute atomic E-state index is 0.118. The lowest BCUT2D eigenvalue weighted by molar-refractivity contribution is 0.102. The Morgan fingerprint density at radius 1 is 1.22 bits per heavy atom. The van der Waals surface area contributed by atoms with Crippen molar-refractivity contribution in [1.29, 1.82) is 0 Å². The van der Waals surface area contributed by atoms with E-state index in [0.29, 0.717) is 5.75 Å². The SMILES string of the molecule is Cc1[nH]c2ccccc2c1C(=O)CSc1ncnc2sccc12. The molecule has 4 nitrogen and oxygen atoms in total. The number of fused-ring (bicyclic) bond motifs is 2. The number of hydrogen-bond donors (Lipinski definition) is 1. The Kier molecular flexibility index (Phi) is 3.63. The van der Waals surface area contributed by atoms with E-state index in [1.165, 1.54) is 11.8 Å². The molecular weight excluding hydrogens is 326 g/mol. The number of H-pyrrole nitrogens is 1.